The summed E-state index contributed by atoms with van der Waals surface area (Å²) < 4.78 is 5.73. The van der Waals surface area contributed by atoms with E-state index in [0.717, 1.165) is 5.56 Å². The van der Waals surface area contributed by atoms with Crippen LogP contribution in [0.4, 0.5) is 0 Å². The maximum atomic E-state index is 11.4. The van der Waals surface area contributed by atoms with Crippen molar-refractivity contribution >= 4 is 19.5 Å². The van der Waals surface area contributed by atoms with Gasteiger partial charge in [-0.2, -0.15) is 0 Å². The molecule has 7 heteroatoms. The number of ether oxygens (including phenoxy) is 1. The van der Waals surface area contributed by atoms with Crippen LogP contribution in [0.15, 0.2) is 103 Å². The lowest BCUT2D eigenvalue weighted by Gasteiger charge is -2.12. The second-order valence-corrected chi connectivity index (χ2v) is 8.38. The number of aliphatic carboxylic acids is 1. The van der Waals surface area contributed by atoms with Gasteiger partial charge in [-0.25, -0.2) is 0 Å². The Morgan fingerprint density at radius 2 is 1.53 bits per heavy atom. The van der Waals surface area contributed by atoms with Gasteiger partial charge in [-0.15, -0.1) is 0 Å². The molecule has 1 heterocycles. The van der Waals surface area contributed by atoms with Crippen LogP contribution in [0.2, 0.25) is 0 Å². The van der Waals surface area contributed by atoms with Gasteiger partial charge in [0.1, 0.15) is 30.6 Å². The van der Waals surface area contributed by atoms with Gasteiger partial charge >= 0.3 is 5.97 Å². The fraction of sp³-hybridized carbons (Fsp3) is 0.161. The number of nitrogens with zero attached hydrogens (tertiary/aromatic N) is 1. The van der Waals surface area contributed by atoms with Gasteiger partial charge in [0, 0.05) is 12.1 Å². The second kappa shape index (κ2) is 14.8. The van der Waals surface area contributed by atoms with Crippen molar-refractivity contribution in [3.63, 3.8) is 0 Å². The number of carboxylic acid groups (broad SMARTS) is 1. The standard InChI is InChI=1S/C16H16N2O3.C13H12.2CH2O/c1-17-16(15(19)20)9-14(16)11-4-2-5-12(8-11)21-13-6-3-7-18-10-13;1-11-7-9-13(10-8-11)12-5-3-2-4-6-12;2*1-2/h2-8,10,14,17H,9H2,1H3,(H,19,20);2-10H,1H3;2*1H2. The van der Waals surface area contributed by atoms with E-state index in [1.807, 2.05) is 50.0 Å². The lowest BCUT2D eigenvalue weighted by molar-refractivity contribution is -0.140. The van der Waals surface area contributed by atoms with E-state index in [9.17, 15) is 9.90 Å². The molecule has 1 saturated carbocycles. The Labute approximate surface area is 223 Å². The quantitative estimate of drug-likeness (QED) is 0.342. The third kappa shape index (κ3) is 7.69. The van der Waals surface area contributed by atoms with Gasteiger partial charge in [-0.1, -0.05) is 72.3 Å². The van der Waals surface area contributed by atoms with Gasteiger partial charge in [0.2, 0.25) is 0 Å². The van der Waals surface area contributed by atoms with Crippen molar-refractivity contribution < 1.29 is 24.2 Å². The minimum atomic E-state index is -0.840. The van der Waals surface area contributed by atoms with Crippen LogP contribution in [-0.4, -0.2) is 42.2 Å². The number of carboxylic acids is 1. The molecule has 0 spiro atoms. The molecule has 2 atom stereocenters. The van der Waals surface area contributed by atoms with Crippen molar-refractivity contribution in [2.24, 2.45) is 0 Å². The van der Waals surface area contributed by atoms with Gasteiger partial charge in [0.15, 0.2) is 0 Å². The number of pyridine rings is 1. The lowest BCUT2D eigenvalue weighted by atomic mass is 10.0. The molecule has 4 aromatic rings. The average Bonchev–Trinajstić information content (AvgIpc) is 3.74. The van der Waals surface area contributed by atoms with Crippen LogP contribution >= 0.6 is 0 Å². The molecule has 0 amide bonds. The van der Waals surface area contributed by atoms with Crippen molar-refractivity contribution in [3.05, 3.63) is 115 Å². The van der Waals surface area contributed by atoms with E-state index in [2.05, 4.69) is 65.8 Å². The molecule has 0 radical (unpaired) electrons. The Hall–Kier alpha value is -4.62. The summed E-state index contributed by atoms with van der Waals surface area (Å²) in [6.07, 6.45) is 3.91. The monoisotopic (exact) mass is 512 g/mol. The molecule has 1 fully saturated rings. The van der Waals surface area contributed by atoms with Crippen LogP contribution in [0.3, 0.4) is 0 Å². The van der Waals surface area contributed by atoms with Crippen LogP contribution in [0.1, 0.15) is 23.5 Å². The largest absolute Gasteiger partial charge is 0.480 e. The van der Waals surface area contributed by atoms with E-state index < -0.39 is 11.5 Å². The van der Waals surface area contributed by atoms with E-state index in [0.29, 0.717) is 17.9 Å². The van der Waals surface area contributed by atoms with Crippen molar-refractivity contribution in [1.82, 2.24) is 10.3 Å². The van der Waals surface area contributed by atoms with Gasteiger partial charge in [0.05, 0.1) is 6.20 Å². The number of nitrogens with one attached hydrogen (secondary N) is 1. The molecule has 3 aromatic carbocycles. The van der Waals surface area contributed by atoms with Crippen molar-refractivity contribution in [3.8, 4) is 22.6 Å². The summed E-state index contributed by atoms with van der Waals surface area (Å²) in [5.41, 5.74) is 3.99. The van der Waals surface area contributed by atoms with Crippen molar-refractivity contribution in [1.29, 1.82) is 0 Å². The molecule has 0 aliphatic heterocycles. The summed E-state index contributed by atoms with van der Waals surface area (Å²) in [5.74, 6) is 0.498. The first-order valence-electron chi connectivity index (χ1n) is 11.8. The number of carbonyl (C=O) groups is 3. The van der Waals surface area contributed by atoms with Crippen LogP contribution in [0.5, 0.6) is 11.5 Å². The van der Waals surface area contributed by atoms with E-state index in [-0.39, 0.29) is 5.92 Å². The first-order chi connectivity index (χ1) is 18.5. The van der Waals surface area contributed by atoms with Crippen molar-refractivity contribution in [2.75, 3.05) is 7.05 Å². The Balaban J connectivity index is 0.000000256. The van der Waals surface area contributed by atoms with Crippen LogP contribution in [-0.2, 0) is 14.4 Å². The molecule has 38 heavy (non-hydrogen) atoms. The minimum absolute atomic E-state index is 0.0301. The van der Waals surface area contributed by atoms with E-state index in [1.165, 1.54) is 16.7 Å². The number of aromatic nitrogens is 1. The van der Waals surface area contributed by atoms with E-state index >= 15 is 0 Å². The zero-order chi connectivity index (χ0) is 28.0. The predicted molar refractivity (Wildman–Crippen MR) is 148 cm³/mol. The molecule has 0 bridgehead atoms. The normalized spacial score (nSPS) is 16.6. The number of rotatable bonds is 6. The molecule has 5 rings (SSSR count). The lowest BCUT2D eigenvalue weighted by Crippen LogP contribution is -2.38. The highest BCUT2D eigenvalue weighted by atomic mass is 16.5. The van der Waals surface area contributed by atoms with Crippen LogP contribution in [0, 0.1) is 6.92 Å². The Morgan fingerprint density at radius 3 is 2.08 bits per heavy atom. The average molecular weight is 513 g/mol. The molecule has 7 nitrogen and oxygen atoms in total. The smallest absolute Gasteiger partial charge is 0.324 e. The van der Waals surface area contributed by atoms with Gasteiger partial charge in [-0.05, 0) is 61.3 Å². The topological polar surface area (TPSA) is 106 Å². The first-order valence-corrected chi connectivity index (χ1v) is 11.8. The molecule has 2 N–H and O–H groups in total. The fourth-order valence-corrected chi connectivity index (χ4v) is 4.00. The van der Waals surface area contributed by atoms with Gasteiger partial charge < -0.3 is 24.7 Å². The fourth-order valence-electron chi connectivity index (χ4n) is 4.00. The highest BCUT2D eigenvalue weighted by Gasteiger charge is 2.60. The number of hydrogen-bond donors (Lipinski definition) is 2. The number of carbonyl (C=O) groups excluding carboxylic acids is 2. The van der Waals surface area contributed by atoms with Gasteiger partial charge in [0.25, 0.3) is 0 Å². The van der Waals surface area contributed by atoms with E-state index in [4.69, 9.17) is 14.3 Å². The molecule has 1 aromatic heterocycles. The third-order valence-electron chi connectivity index (χ3n) is 6.08. The second-order valence-electron chi connectivity index (χ2n) is 8.38. The highest BCUT2D eigenvalue weighted by molar-refractivity contribution is 5.85. The van der Waals surface area contributed by atoms with Crippen molar-refractivity contribution in [2.45, 2.75) is 24.8 Å². The van der Waals surface area contributed by atoms with E-state index in [1.54, 1.807) is 25.5 Å². The van der Waals surface area contributed by atoms with Gasteiger partial charge in [-0.3, -0.25) is 9.78 Å². The zero-order valence-corrected chi connectivity index (χ0v) is 21.5. The molecular weight excluding hydrogens is 480 g/mol. The number of likely N-dealkylation sites (N-methyl/N-ethyl adjacent to an activating group) is 1. The molecule has 196 valence electrons. The molecular formula is C31H32N2O5. The summed E-state index contributed by atoms with van der Waals surface area (Å²) in [5, 5.41) is 12.3. The molecule has 1 aliphatic rings. The highest BCUT2D eigenvalue weighted by Crippen LogP contribution is 2.52. The third-order valence-corrected chi connectivity index (χ3v) is 6.08. The summed E-state index contributed by atoms with van der Waals surface area (Å²) in [6.45, 7) is 6.11. The maximum Gasteiger partial charge on any atom is 0.324 e. The first kappa shape index (κ1) is 29.6. The predicted octanol–water partition coefficient (Wildman–Crippen LogP) is 5.70. The maximum absolute atomic E-state index is 11.4. The number of hydrogen-bond acceptors (Lipinski definition) is 6. The van der Waals surface area contributed by atoms with Crippen LogP contribution < -0.4 is 10.1 Å². The Morgan fingerprint density at radius 1 is 0.895 bits per heavy atom. The summed E-state index contributed by atoms with van der Waals surface area (Å²) in [6, 6.07) is 30.2. The summed E-state index contributed by atoms with van der Waals surface area (Å²) in [7, 11) is 1.68. The molecule has 1 aliphatic carbocycles. The van der Waals surface area contributed by atoms with Crippen LogP contribution in [0.25, 0.3) is 11.1 Å². The zero-order valence-electron chi connectivity index (χ0n) is 21.5. The summed E-state index contributed by atoms with van der Waals surface area (Å²) >= 11 is 0. The summed E-state index contributed by atoms with van der Waals surface area (Å²) in [4.78, 5) is 31.4. The Kier molecular flexibility index (Phi) is 11.5. The minimum Gasteiger partial charge on any atom is -0.480 e. The molecule has 0 saturated heterocycles. The number of benzene rings is 3. The number of aryl methyl sites for hydroxylation is 1. The SMILES string of the molecule is C=O.C=O.CNC1(C(=O)O)CC1c1cccc(Oc2cccnc2)c1.Cc1ccc(-c2ccccc2)cc1. The Bertz CT molecular complexity index is 1260. The molecule has 2 unspecified atom stereocenters.